The van der Waals surface area contributed by atoms with Gasteiger partial charge in [-0.05, 0) is 62.0 Å². The van der Waals surface area contributed by atoms with Crippen molar-refractivity contribution in [3.63, 3.8) is 0 Å². The molecule has 1 heterocycles. The zero-order valence-electron chi connectivity index (χ0n) is 28.7. The van der Waals surface area contributed by atoms with Crippen molar-refractivity contribution in [2.75, 3.05) is 0 Å². The van der Waals surface area contributed by atoms with Crippen LogP contribution < -0.4 is 0 Å². The molecule has 0 radical (unpaired) electrons. The topological polar surface area (TPSA) is 25.8 Å². The molecule has 7 aromatic carbocycles. The van der Waals surface area contributed by atoms with Crippen molar-refractivity contribution in [3.8, 4) is 56.2 Å². The van der Waals surface area contributed by atoms with Gasteiger partial charge in [-0.2, -0.15) is 0 Å². The monoisotopic (exact) mass is 565 g/mol. The lowest BCUT2D eigenvalue weighted by molar-refractivity contribution is 1.19. The first-order valence-electron chi connectivity index (χ1n) is 17.0. The van der Waals surface area contributed by atoms with E-state index < -0.39 is 6.04 Å². The number of benzene rings is 7. The summed E-state index contributed by atoms with van der Waals surface area (Å²) in [6.07, 6.45) is 0. The molecule has 0 spiro atoms. The first-order chi connectivity index (χ1) is 23.9. The van der Waals surface area contributed by atoms with E-state index >= 15 is 0 Å². The Morgan fingerprint density at radius 3 is 1.68 bits per heavy atom. The van der Waals surface area contributed by atoms with Crippen LogP contribution in [0, 0.1) is 0 Å². The lowest BCUT2D eigenvalue weighted by Crippen LogP contribution is -1.97. The van der Waals surface area contributed by atoms with Gasteiger partial charge < -0.3 is 0 Å². The molecule has 2 nitrogen and oxygen atoms in total. The van der Waals surface area contributed by atoms with Crippen molar-refractivity contribution in [1.29, 1.82) is 0 Å². The van der Waals surface area contributed by atoms with Crippen molar-refractivity contribution < 1.29 is 6.85 Å². The van der Waals surface area contributed by atoms with E-state index in [2.05, 4.69) is 48.5 Å². The normalized spacial score (nSPS) is 12.8. The predicted molar refractivity (Wildman–Crippen MR) is 184 cm³/mol. The molecule has 0 aliphatic heterocycles. The Morgan fingerprint density at radius 1 is 0.386 bits per heavy atom. The lowest BCUT2D eigenvalue weighted by Gasteiger charge is -2.14. The fourth-order valence-corrected chi connectivity index (χ4v) is 5.79. The van der Waals surface area contributed by atoms with Crippen LogP contribution in [-0.4, -0.2) is 9.97 Å². The molecule has 8 rings (SSSR count). The second-order valence-corrected chi connectivity index (χ2v) is 10.7. The third kappa shape index (κ3) is 4.83. The molecular formula is C42H28N2. The van der Waals surface area contributed by atoms with Crippen molar-refractivity contribution in [1.82, 2.24) is 9.97 Å². The van der Waals surface area contributed by atoms with Crippen LogP contribution in [0.15, 0.2) is 170 Å². The van der Waals surface area contributed by atoms with Gasteiger partial charge in [-0.25, -0.2) is 9.97 Å². The van der Waals surface area contributed by atoms with Gasteiger partial charge in [-0.15, -0.1) is 0 Å². The van der Waals surface area contributed by atoms with Crippen LogP contribution in [0.1, 0.15) is 6.85 Å². The van der Waals surface area contributed by atoms with E-state index in [4.69, 9.17) is 16.8 Å². The average molecular weight is 566 g/mol. The third-order valence-corrected chi connectivity index (χ3v) is 7.97. The van der Waals surface area contributed by atoms with E-state index in [1.54, 1.807) is 0 Å². The van der Waals surface area contributed by atoms with E-state index in [9.17, 15) is 0 Å². The molecule has 206 valence electrons. The van der Waals surface area contributed by atoms with Crippen LogP contribution in [0.3, 0.4) is 0 Å². The molecule has 0 unspecified atom stereocenters. The highest BCUT2D eigenvalue weighted by Crippen LogP contribution is 2.37. The lowest BCUT2D eigenvalue weighted by atomic mass is 9.93. The Balaban J connectivity index is 1.30. The van der Waals surface area contributed by atoms with Gasteiger partial charge in [-0.1, -0.05) is 152 Å². The number of hydrogen-bond donors (Lipinski definition) is 0. The third-order valence-electron chi connectivity index (χ3n) is 7.97. The molecule has 0 saturated carbocycles. The van der Waals surface area contributed by atoms with Gasteiger partial charge in [0.1, 0.15) is 0 Å². The summed E-state index contributed by atoms with van der Waals surface area (Å²) in [6, 6.07) is 45.0. The number of rotatable bonds is 5. The summed E-state index contributed by atoms with van der Waals surface area (Å²) in [7, 11) is 0. The number of hydrogen-bond acceptors (Lipinski definition) is 2. The molecule has 0 fully saturated rings. The Bertz CT molecular complexity index is 2520. The maximum atomic E-state index is 8.63. The van der Waals surface area contributed by atoms with E-state index in [1.807, 2.05) is 91.0 Å². The fourth-order valence-electron chi connectivity index (χ4n) is 5.79. The molecule has 0 amide bonds. The molecule has 0 atom stereocenters. The van der Waals surface area contributed by atoms with Gasteiger partial charge in [0.05, 0.1) is 18.2 Å². The molecule has 0 aliphatic carbocycles. The Morgan fingerprint density at radius 2 is 0.955 bits per heavy atom. The van der Waals surface area contributed by atoms with Gasteiger partial charge in [0, 0.05) is 16.7 Å². The molecule has 0 N–H and O–H groups in total. The van der Waals surface area contributed by atoms with E-state index in [0.29, 0.717) is 17.1 Å². The highest BCUT2D eigenvalue weighted by atomic mass is 14.9. The standard InChI is InChI=1S/C42H28N2/c1-4-12-29(13-5-1)32-20-21-34-27-35(23-22-33(34)26-32)40-28-41(44-42(43-40)31-16-8-3-9-17-31)39-25-24-36(30-14-6-2-7-15-30)37-18-10-11-19-38(37)39/h1-28H/i2D,6D,7D,14D,15D. The minimum atomic E-state index is -0.410. The average Bonchev–Trinajstić information content (AvgIpc) is 3.16. The predicted octanol–water partition coefficient (Wildman–Crippen LogP) is 11.1. The Hall–Kier alpha value is -5.86. The van der Waals surface area contributed by atoms with Crippen LogP contribution in [0.25, 0.3) is 77.7 Å². The second-order valence-electron chi connectivity index (χ2n) is 10.7. The van der Waals surface area contributed by atoms with Gasteiger partial charge in [0.2, 0.25) is 0 Å². The van der Waals surface area contributed by atoms with Crippen LogP contribution in [-0.2, 0) is 0 Å². The van der Waals surface area contributed by atoms with Crippen LogP contribution in [0.4, 0.5) is 0 Å². The highest BCUT2D eigenvalue weighted by Gasteiger charge is 2.15. The zero-order chi connectivity index (χ0) is 33.6. The minimum absolute atomic E-state index is 0.175. The smallest absolute Gasteiger partial charge is 0.160 e. The van der Waals surface area contributed by atoms with Crippen molar-refractivity contribution in [2.24, 2.45) is 0 Å². The largest absolute Gasteiger partial charge is 0.228 e. The molecule has 1 aromatic heterocycles. The first kappa shape index (κ1) is 20.9. The molecular weight excluding hydrogens is 532 g/mol. The van der Waals surface area contributed by atoms with E-state index in [-0.39, 0.29) is 29.7 Å². The molecule has 0 bridgehead atoms. The SMILES string of the molecule is [2H]c1c([2H])c([2H])c(-c2ccc(-c3cc(-c4ccc5cc(-c6ccccc6)ccc5c4)nc(-c4ccccc4)n3)c3ccccc23)c([2H])c1[2H]. The summed E-state index contributed by atoms with van der Waals surface area (Å²) in [6.45, 7) is 0. The van der Waals surface area contributed by atoms with Gasteiger partial charge in [0.15, 0.2) is 5.82 Å². The summed E-state index contributed by atoms with van der Waals surface area (Å²) in [5, 5.41) is 3.85. The van der Waals surface area contributed by atoms with E-state index in [0.717, 1.165) is 49.5 Å². The van der Waals surface area contributed by atoms with Crippen LogP contribution >= 0.6 is 0 Å². The Labute approximate surface area is 264 Å². The van der Waals surface area contributed by atoms with Crippen LogP contribution in [0.5, 0.6) is 0 Å². The maximum Gasteiger partial charge on any atom is 0.160 e. The van der Waals surface area contributed by atoms with Gasteiger partial charge in [0.25, 0.3) is 0 Å². The van der Waals surface area contributed by atoms with Gasteiger partial charge in [-0.3, -0.25) is 0 Å². The molecule has 44 heavy (non-hydrogen) atoms. The molecule has 2 heteroatoms. The molecule has 8 aromatic rings. The number of fused-ring (bicyclic) bond motifs is 2. The summed E-state index contributed by atoms with van der Waals surface area (Å²) in [4.78, 5) is 10.1. The highest BCUT2D eigenvalue weighted by molar-refractivity contribution is 6.04. The summed E-state index contributed by atoms with van der Waals surface area (Å²) >= 11 is 0. The fraction of sp³-hybridized carbons (Fsp3) is 0. The van der Waals surface area contributed by atoms with Crippen molar-refractivity contribution >= 4 is 21.5 Å². The second kappa shape index (κ2) is 11.1. The molecule has 0 saturated heterocycles. The number of aromatic nitrogens is 2. The first-order valence-corrected chi connectivity index (χ1v) is 14.5. The van der Waals surface area contributed by atoms with Gasteiger partial charge >= 0.3 is 0 Å². The van der Waals surface area contributed by atoms with Crippen molar-refractivity contribution in [2.45, 2.75) is 0 Å². The maximum absolute atomic E-state index is 8.63. The van der Waals surface area contributed by atoms with E-state index in [1.165, 1.54) is 5.56 Å². The quantitative estimate of drug-likeness (QED) is 0.207. The zero-order valence-corrected chi connectivity index (χ0v) is 23.7. The molecule has 0 aliphatic rings. The summed E-state index contributed by atoms with van der Waals surface area (Å²) in [5.74, 6) is 0.589. The number of nitrogens with zero attached hydrogens (tertiary/aromatic N) is 2. The minimum Gasteiger partial charge on any atom is -0.228 e. The summed E-state index contributed by atoms with van der Waals surface area (Å²) < 4.78 is 41.8. The van der Waals surface area contributed by atoms with Crippen molar-refractivity contribution in [3.05, 3.63) is 170 Å². The Kier molecular flexibility index (Phi) is 5.27. The van der Waals surface area contributed by atoms with Crippen LogP contribution in [0.2, 0.25) is 0 Å². The summed E-state index contributed by atoms with van der Waals surface area (Å²) in [5.41, 5.74) is 7.26.